The predicted molar refractivity (Wildman–Crippen MR) is 142 cm³/mol. The quantitative estimate of drug-likeness (QED) is 0.262. The number of hydrogen-bond acceptors (Lipinski definition) is 7. The Bertz CT molecular complexity index is 1140. The molecule has 0 amide bonds. The van der Waals surface area contributed by atoms with Gasteiger partial charge in [-0.05, 0) is 85.7 Å². The number of carbonyl (C=O) groups is 1. The summed E-state index contributed by atoms with van der Waals surface area (Å²) < 4.78 is 27.9. The van der Waals surface area contributed by atoms with Gasteiger partial charge in [-0.3, -0.25) is 0 Å². The fraction of sp³-hybridized carbons (Fsp3) is 0.387. The molecule has 0 aromatic heterocycles. The molecule has 3 aromatic carbocycles. The predicted octanol–water partition coefficient (Wildman–Crippen LogP) is 5.17. The Morgan fingerprint density at radius 3 is 2.00 bits per heavy atom. The molecule has 2 atom stereocenters. The van der Waals surface area contributed by atoms with E-state index in [1.54, 1.807) is 24.3 Å². The molecule has 1 saturated carbocycles. The molecule has 2 fully saturated rings. The molecular formula is C31H34O7. The molecule has 1 heterocycles. The van der Waals surface area contributed by atoms with Gasteiger partial charge in [0.2, 0.25) is 0 Å². The lowest BCUT2D eigenvalue weighted by Gasteiger charge is -2.28. The van der Waals surface area contributed by atoms with E-state index >= 15 is 0 Å². The molecule has 1 aliphatic heterocycles. The van der Waals surface area contributed by atoms with Gasteiger partial charge in [0, 0.05) is 0 Å². The maximum absolute atomic E-state index is 12.7. The van der Waals surface area contributed by atoms with E-state index in [2.05, 4.69) is 12.1 Å². The third-order valence-corrected chi connectivity index (χ3v) is 6.86. The van der Waals surface area contributed by atoms with Crippen molar-refractivity contribution in [2.24, 2.45) is 0 Å². The summed E-state index contributed by atoms with van der Waals surface area (Å²) in [6, 6.07) is 24.4. The highest BCUT2D eigenvalue weighted by Gasteiger charge is 2.26. The lowest BCUT2D eigenvalue weighted by Crippen LogP contribution is -2.25. The Kier molecular flexibility index (Phi) is 8.78. The fourth-order valence-corrected chi connectivity index (χ4v) is 4.56. The Labute approximate surface area is 223 Å². The monoisotopic (exact) mass is 518 g/mol. The highest BCUT2D eigenvalue weighted by molar-refractivity contribution is 5.89. The third-order valence-electron chi connectivity index (χ3n) is 6.86. The standard InChI is InChI=1S/C31H34O7/c32-25(18-34-26-4-2-1-3-5-26)19-35-27-14-10-24(11-15-27)31(33)38-29-16-8-23(9-17-29)22-6-12-28(13-7-22)36-20-30-21-37-30/h1-7,10-15,23,25,29-30,32H,8-9,16-21H2/t23-,25?,29-,30?. The zero-order valence-electron chi connectivity index (χ0n) is 21.4. The van der Waals surface area contributed by atoms with Crippen molar-refractivity contribution in [3.63, 3.8) is 0 Å². The summed E-state index contributed by atoms with van der Waals surface area (Å²) in [5.74, 6) is 2.28. The molecule has 200 valence electrons. The molecule has 38 heavy (non-hydrogen) atoms. The van der Waals surface area contributed by atoms with Crippen molar-refractivity contribution >= 4 is 5.97 Å². The van der Waals surface area contributed by atoms with Crippen LogP contribution in [0.3, 0.4) is 0 Å². The van der Waals surface area contributed by atoms with Crippen LogP contribution in [0.1, 0.15) is 47.5 Å². The van der Waals surface area contributed by atoms with Crippen LogP contribution in [0.4, 0.5) is 0 Å². The minimum Gasteiger partial charge on any atom is -0.491 e. The van der Waals surface area contributed by atoms with Gasteiger partial charge in [-0.2, -0.15) is 0 Å². The number of aliphatic hydroxyl groups is 1. The number of carbonyl (C=O) groups excluding carboxylic acids is 1. The van der Waals surface area contributed by atoms with Crippen LogP contribution in [0.25, 0.3) is 0 Å². The molecule has 1 aliphatic carbocycles. The molecule has 1 saturated heterocycles. The number of aliphatic hydroxyl groups excluding tert-OH is 1. The van der Waals surface area contributed by atoms with Crippen LogP contribution in [0.5, 0.6) is 17.2 Å². The van der Waals surface area contributed by atoms with Gasteiger partial charge in [0.15, 0.2) is 0 Å². The Balaban J connectivity index is 1.01. The molecule has 3 aromatic rings. The van der Waals surface area contributed by atoms with Gasteiger partial charge in [-0.15, -0.1) is 0 Å². The first kappa shape index (κ1) is 26.1. The van der Waals surface area contributed by atoms with Gasteiger partial charge >= 0.3 is 5.97 Å². The number of epoxide rings is 1. The van der Waals surface area contributed by atoms with Gasteiger partial charge in [0.1, 0.15) is 55.4 Å². The molecule has 2 unspecified atom stereocenters. The average Bonchev–Trinajstić information content (AvgIpc) is 3.80. The molecule has 0 spiro atoms. The Hall–Kier alpha value is -3.55. The maximum Gasteiger partial charge on any atom is 0.338 e. The Morgan fingerprint density at radius 1 is 0.789 bits per heavy atom. The molecule has 7 nitrogen and oxygen atoms in total. The zero-order valence-corrected chi connectivity index (χ0v) is 21.4. The van der Waals surface area contributed by atoms with E-state index in [-0.39, 0.29) is 31.4 Å². The molecule has 7 heteroatoms. The van der Waals surface area contributed by atoms with Gasteiger partial charge in [0.05, 0.1) is 12.2 Å². The third kappa shape index (κ3) is 7.73. The summed E-state index contributed by atoms with van der Waals surface area (Å²) in [6.45, 7) is 1.62. The number of benzene rings is 3. The van der Waals surface area contributed by atoms with Crippen LogP contribution in [0.2, 0.25) is 0 Å². The lowest BCUT2D eigenvalue weighted by molar-refractivity contribution is 0.0195. The molecule has 2 aliphatic rings. The fourth-order valence-electron chi connectivity index (χ4n) is 4.56. The zero-order chi connectivity index (χ0) is 26.2. The Morgan fingerprint density at radius 2 is 1.37 bits per heavy atom. The van der Waals surface area contributed by atoms with Crippen molar-refractivity contribution in [3.05, 3.63) is 90.0 Å². The maximum atomic E-state index is 12.7. The normalized spacial score (nSPS) is 21.2. The lowest BCUT2D eigenvalue weighted by atomic mass is 9.83. The van der Waals surface area contributed by atoms with E-state index in [1.165, 1.54) is 5.56 Å². The first-order valence-electron chi connectivity index (χ1n) is 13.3. The number of para-hydroxylation sites is 1. The second kappa shape index (κ2) is 12.8. The van der Waals surface area contributed by atoms with Crippen LogP contribution < -0.4 is 14.2 Å². The second-order valence-corrected chi connectivity index (χ2v) is 9.83. The average molecular weight is 519 g/mol. The first-order valence-corrected chi connectivity index (χ1v) is 13.3. The summed E-state index contributed by atoms with van der Waals surface area (Å²) >= 11 is 0. The molecule has 1 N–H and O–H groups in total. The SMILES string of the molecule is O=C(O[C@H]1CC[C@H](c2ccc(OCC3CO3)cc2)CC1)c1ccc(OCC(O)COc2ccccc2)cc1. The van der Waals surface area contributed by atoms with Gasteiger partial charge < -0.3 is 28.8 Å². The second-order valence-electron chi connectivity index (χ2n) is 9.83. The van der Waals surface area contributed by atoms with Crippen LogP contribution in [0, 0.1) is 0 Å². The van der Waals surface area contributed by atoms with Crippen molar-refractivity contribution in [2.75, 3.05) is 26.4 Å². The van der Waals surface area contributed by atoms with Crippen LogP contribution >= 0.6 is 0 Å². The summed E-state index contributed by atoms with van der Waals surface area (Å²) in [6.07, 6.45) is 3.06. The minimum absolute atomic E-state index is 0.0735. The van der Waals surface area contributed by atoms with E-state index in [9.17, 15) is 9.90 Å². The number of ether oxygens (including phenoxy) is 5. The van der Waals surface area contributed by atoms with Crippen molar-refractivity contribution < 1.29 is 33.6 Å². The molecule has 5 rings (SSSR count). The summed E-state index contributed by atoms with van der Waals surface area (Å²) in [4.78, 5) is 12.7. The summed E-state index contributed by atoms with van der Waals surface area (Å²) in [5, 5.41) is 10.1. The highest BCUT2D eigenvalue weighted by Crippen LogP contribution is 2.35. The van der Waals surface area contributed by atoms with E-state index in [0.717, 1.165) is 38.0 Å². The number of hydrogen-bond donors (Lipinski definition) is 1. The topological polar surface area (TPSA) is 86.8 Å². The van der Waals surface area contributed by atoms with Gasteiger partial charge in [0.25, 0.3) is 0 Å². The minimum atomic E-state index is -0.774. The molecule has 0 bridgehead atoms. The van der Waals surface area contributed by atoms with E-state index in [4.69, 9.17) is 23.7 Å². The first-order chi connectivity index (χ1) is 18.6. The summed E-state index contributed by atoms with van der Waals surface area (Å²) in [5.41, 5.74) is 1.79. The van der Waals surface area contributed by atoms with E-state index in [0.29, 0.717) is 29.6 Å². The smallest absolute Gasteiger partial charge is 0.338 e. The van der Waals surface area contributed by atoms with Gasteiger partial charge in [-0.25, -0.2) is 4.79 Å². The largest absolute Gasteiger partial charge is 0.491 e. The van der Waals surface area contributed by atoms with Crippen molar-refractivity contribution in [2.45, 2.75) is 49.9 Å². The van der Waals surface area contributed by atoms with Crippen LogP contribution in [0.15, 0.2) is 78.9 Å². The van der Waals surface area contributed by atoms with Crippen LogP contribution in [-0.2, 0) is 9.47 Å². The van der Waals surface area contributed by atoms with Crippen molar-refractivity contribution in [1.29, 1.82) is 0 Å². The van der Waals surface area contributed by atoms with Crippen LogP contribution in [-0.4, -0.2) is 55.8 Å². The van der Waals surface area contributed by atoms with Crippen molar-refractivity contribution in [3.8, 4) is 17.2 Å². The van der Waals surface area contributed by atoms with E-state index < -0.39 is 6.10 Å². The summed E-state index contributed by atoms with van der Waals surface area (Å²) in [7, 11) is 0. The van der Waals surface area contributed by atoms with E-state index in [1.807, 2.05) is 42.5 Å². The van der Waals surface area contributed by atoms with Crippen molar-refractivity contribution in [1.82, 2.24) is 0 Å². The molecule has 0 radical (unpaired) electrons. The number of esters is 1. The number of rotatable bonds is 12. The van der Waals surface area contributed by atoms with Gasteiger partial charge in [-0.1, -0.05) is 30.3 Å². The highest BCUT2D eigenvalue weighted by atomic mass is 16.6. The molecular weight excluding hydrogens is 484 g/mol.